The van der Waals surface area contributed by atoms with Crippen molar-refractivity contribution in [2.24, 2.45) is 17.3 Å². The molecule has 2 aliphatic carbocycles. The van der Waals surface area contributed by atoms with Crippen molar-refractivity contribution in [3.05, 3.63) is 0 Å². The van der Waals surface area contributed by atoms with Crippen molar-refractivity contribution in [3.63, 3.8) is 0 Å². The molecule has 2 rings (SSSR count). The van der Waals surface area contributed by atoms with Crippen LogP contribution in [0.15, 0.2) is 0 Å². The molecule has 0 bridgehead atoms. The van der Waals surface area contributed by atoms with Gasteiger partial charge in [-0.2, -0.15) is 0 Å². The Hall–Kier alpha value is -0.0400. The SMILES string of the molecule is CC1CC(C)(C)CC(O)(C2CCCC2)C1. The van der Waals surface area contributed by atoms with Crippen molar-refractivity contribution in [3.8, 4) is 0 Å². The molecule has 2 fully saturated rings. The van der Waals surface area contributed by atoms with Crippen LogP contribution in [0.3, 0.4) is 0 Å². The van der Waals surface area contributed by atoms with E-state index in [1.807, 2.05) is 0 Å². The highest BCUT2D eigenvalue weighted by Gasteiger charge is 2.46. The van der Waals surface area contributed by atoms with Crippen molar-refractivity contribution < 1.29 is 5.11 Å². The molecule has 88 valence electrons. The highest BCUT2D eigenvalue weighted by molar-refractivity contribution is 4.98. The van der Waals surface area contributed by atoms with Crippen LogP contribution in [-0.4, -0.2) is 10.7 Å². The number of rotatable bonds is 1. The van der Waals surface area contributed by atoms with E-state index in [9.17, 15) is 5.11 Å². The zero-order chi connectivity index (χ0) is 11.1. The van der Waals surface area contributed by atoms with Crippen molar-refractivity contribution >= 4 is 0 Å². The van der Waals surface area contributed by atoms with Crippen LogP contribution in [0.25, 0.3) is 0 Å². The first-order chi connectivity index (χ1) is 6.91. The van der Waals surface area contributed by atoms with E-state index >= 15 is 0 Å². The summed E-state index contributed by atoms with van der Waals surface area (Å²) < 4.78 is 0. The Morgan fingerprint density at radius 1 is 1.07 bits per heavy atom. The van der Waals surface area contributed by atoms with Gasteiger partial charge in [-0.05, 0) is 49.4 Å². The smallest absolute Gasteiger partial charge is 0.0683 e. The average molecular weight is 210 g/mol. The van der Waals surface area contributed by atoms with Gasteiger partial charge in [-0.15, -0.1) is 0 Å². The van der Waals surface area contributed by atoms with E-state index in [1.54, 1.807) is 0 Å². The molecule has 15 heavy (non-hydrogen) atoms. The van der Waals surface area contributed by atoms with Crippen LogP contribution in [-0.2, 0) is 0 Å². The number of hydrogen-bond acceptors (Lipinski definition) is 1. The van der Waals surface area contributed by atoms with Gasteiger partial charge in [-0.1, -0.05) is 33.6 Å². The quantitative estimate of drug-likeness (QED) is 0.699. The second-order valence-corrected chi connectivity index (χ2v) is 6.94. The van der Waals surface area contributed by atoms with E-state index in [2.05, 4.69) is 20.8 Å². The summed E-state index contributed by atoms with van der Waals surface area (Å²) in [5, 5.41) is 10.9. The molecule has 0 radical (unpaired) electrons. The van der Waals surface area contributed by atoms with E-state index in [-0.39, 0.29) is 5.60 Å². The molecule has 2 aliphatic rings. The predicted octanol–water partition coefficient (Wildman–Crippen LogP) is 3.75. The van der Waals surface area contributed by atoms with Crippen LogP contribution in [0.4, 0.5) is 0 Å². The molecule has 1 heteroatoms. The number of hydrogen-bond donors (Lipinski definition) is 1. The van der Waals surface area contributed by atoms with Crippen molar-refractivity contribution in [1.82, 2.24) is 0 Å². The van der Waals surface area contributed by atoms with Gasteiger partial charge < -0.3 is 5.11 Å². The van der Waals surface area contributed by atoms with E-state index in [0.29, 0.717) is 17.3 Å². The monoisotopic (exact) mass is 210 g/mol. The Kier molecular flexibility index (Phi) is 2.87. The first-order valence-electron chi connectivity index (χ1n) is 6.64. The van der Waals surface area contributed by atoms with E-state index in [1.165, 1.54) is 32.1 Å². The summed E-state index contributed by atoms with van der Waals surface area (Å²) in [4.78, 5) is 0. The third-order valence-corrected chi connectivity index (χ3v) is 4.50. The molecule has 0 aromatic carbocycles. The zero-order valence-electron chi connectivity index (χ0n) is 10.6. The Morgan fingerprint density at radius 2 is 1.67 bits per heavy atom. The molecule has 0 amide bonds. The van der Waals surface area contributed by atoms with Crippen molar-refractivity contribution in [2.45, 2.75) is 71.3 Å². The third-order valence-electron chi connectivity index (χ3n) is 4.50. The minimum absolute atomic E-state index is 0.336. The van der Waals surface area contributed by atoms with E-state index < -0.39 is 0 Å². The van der Waals surface area contributed by atoms with Gasteiger partial charge >= 0.3 is 0 Å². The molecule has 0 saturated heterocycles. The molecule has 1 N–H and O–H groups in total. The predicted molar refractivity (Wildman–Crippen MR) is 63.7 cm³/mol. The normalized spacial score (nSPS) is 42.0. The lowest BCUT2D eigenvalue weighted by molar-refractivity contribution is -0.0973. The first kappa shape index (κ1) is 11.4. The average Bonchev–Trinajstić information content (AvgIpc) is 2.49. The van der Waals surface area contributed by atoms with Gasteiger partial charge in [-0.25, -0.2) is 0 Å². The zero-order valence-corrected chi connectivity index (χ0v) is 10.6. The lowest BCUT2D eigenvalue weighted by Gasteiger charge is -2.47. The van der Waals surface area contributed by atoms with Gasteiger partial charge in [0.25, 0.3) is 0 Å². The molecular formula is C14H26O. The summed E-state index contributed by atoms with van der Waals surface area (Å²) in [6, 6.07) is 0. The molecule has 0 aromatic rings. The summed E-state index contributed by atoms with van der Waals surface area (Å²) in [5.74, 6) is 1.29. The van der Waals surface area contributed by atoms with E-state index in [4.69, 9.17) is 0 Å². The molecule has 0 spiro atoms. The summed E-state index contributed by atoms with van der Waals surface area (Å²) in [6.07, 6.45) is 8.54. The van der Waals surface area contributed by atoms with Crippen LogP contribution in [0, 0.1) is 17.3 Å². The Morgan fingerprint density at radius 3 is 2.20 bits per heavy atom. The molecule has 1 nitrogen and oxygen atoms in total. The van der Waals surface area contributed by atoms with Gasteiger partial charge in [0.05, 0.1) is 5.60 Å². The second kappa shape index (κ2) is 3.76. The molecule has 0 aromatic heterocycles. The van der Waals surface area contributed by atoms with Gasteiger partial charge in [-0.3, -0.25) is 0 Å². The topological polar surface area (TPSA) is 20.2 Å². The minimum atomic E-state index is -0.336. The van der Waals surface area contributed by atoms with Gasteiger partial charge in [0.15, 0.2) is 0 Å². The summed E-state index contributed by atoms with van der Waals surface area (Å²) in [6.45, 7) is 6.95. The first-order valence-corrected chi connectivity index (χ1v) is 6.64. The highest BCUT2D eigenvalue weighted by Crippen LogP contribution is 2.50. The molecular weight excluding hydrogens is 184 g/mol. The van der Waals surface area contributed by atoms with Crippen LogP contribution in [0.5, 0.6) is 0 Å². The fourth-order valence-corrected chi connectivity index (χ4v) is 4.37. The maximum Gasteiger partial charge on any atom is 0.0683 e. The Labute approximate surface area is 94.3 Å². The van der Waals surface area contributed by atoms with Gasteiger partial charge in [0, 0.05) is 0 Å². The minimum Gasteiger partial charge on any atom is -0.390 e. The lowest BCUT2D eigenvalue weighted by Crippen LogP contribution is -2.46. The summed E-state index contributed by atoms with van der Waals surface area (Å²) in [5.41, 5.74) is 0.00662. The Balaban J connectivity index is 2.12. The lowest BCUT2D eigenvalue weighted by atomic mass is 9.62. The third kappa shape index (κ3) is 2.38. The largest absolute Gasteiger partial charge is 0.390 e. The molecule has 2 unspecified atom stereocenters. The van der Waals surface area contributed by atoms with Gasteiger partial charge in [0.2, 0.25) is 0 Å². The van der Waals surface area contributed by atoms with Gasteiger partial charge in [0.1, 0.15) is 0 Å². The van der Waals surface area contributed by atoms with Crippen LogP contribution in [0.2, 0.25) is 0 Å². The standard InChI is InChI=1S/C14H26O/c1-11-8-13(2,3)10-14(15,9-11)12-6-4-5-7-12/h11-12,15H,4-10H2,1-3H3. The van der Waals surface area contributed by atoms with Crippen LogP contribution in [0.1, 0.15) is 65.7 Å². The van der Waals surface area contributed by atoms with Crippen molar-refractivity contribution in [1.29, 1.82) is 0 Å². The molecule has 2 atom stereocenters. The fourth-order valence-electron chi connectivity index (χ4n) is 4.37. The fraction of sp³-hybridized carbons (Fsp3) is 1.00. The maximum absolute atomic E-state index is 10.9. The molecule has 0 aliphatic heterocycles. The summed E-state index contributed by atoms with van der Waals surface area (Å²) >= 11 is 0. The summed E-state index contributed by atoms with van der Waals surface area (Å²) in [7, 11) is 0. The second-order valence-electron chi connectivity index (χ2n) is 6.94. The van der Waals surface area contributed by atoms with E-state index in [0.717, 1.165) is 12.8 Å². The van der Waals surface area contributed by atoms with Crippen molar-refractivity contribution in [2.75, 3.05) is 0 Å². The molecule has 0 heterocycles. The highest BCUT2D eigenvalue weighted by atomic mass is 16.3. The van der Waals surface area contributed by atoms with Crippen LogP contribution < -0.4 is 0 Å². The molecule has 2 saturated carbocycles. The Bertz CT molecular complexity index is 227. The van der Waals surface area contributed by atoms with Crippen LogP contribution >= 0.6 is 0 Å². The maximum atomic E-state index is 10.9. The number of aliphatic hydroxyl groups is 1.